The number of non-ortho nitro benzene ring substituents is 1. The third-order valence-corrected chi connectivity index (χ3v) is 9.56. The lowest BCUT2D eigenvalue weighted by atomic mass is 9.83. The Morgan fingerprint density at radius 1 is 1.00 bits per heavy atom. The standard InChI is InChI=1S/C31H19Br2N3O4S/c32-19-8-5-18(6-9-19)29-24-12-7-17-3-1-2-4-22(17)28(24)34-31-35(29)30(37)27(41-31)16-21-11-14-26(40-21)23-13-10-20(36(38)39)15-25(23)33/h1-6,8-11,13-16,29H,7,12H2/b27-16-/t29-/m1/s1. The van der Waals surface area contributed by atoms with Crippen LogP contribution in [0, 0.1) is 10.1 Å². The van der Waals surface area contributed by atoms with Crippen LogP contribution in [0.3, 0.4) is 0 Å². The number of fused-ring (bicyclic) bond motifs is 3. The number of hydrogen-bond donors (Lipinski definition) is 0. The summed E-state index contributed by atoms with van der Waals surface area (Å²) in [6.07, 6.45) is 3.46. The first-order valence-electron chi connectivity index (χ1n) is 12.8. The van der Waals surface area contributed by atoms with Crippen molar-refractivity contribution in [3.05, 3.63) is 146 Å². The van der Waals surface area contributed by atoms with Crippen molar-refractivity contribution in [3.8, 4) is 11.3 Å². The van der Waals surface area contributed by atoms with E-state index < -0.39 is 4.92 Å². The highest BCUT2D eigenvalue weighted by Gasteiger charge is 2.32. The lowest BCUT2D eigenvalue weighted by Gasteiger charge is -2.30. The number of nitrogens with zero attached hydrogens (tertiary/aromatic N) is 3. The van der Waals surface area contributed by atoms with E-state index in [1.165, 1.54) is 29.0 Å². The number of nitro groups is 1. The van der Waals surface area contributed by atoms with Crippen LogP contribution in [0.4, 0.5) is 5.69 Å². The SMILES string of the molecule is O=c1/c(=C/c2ccc(-c3ccc([N+](=O)[O-])cc3Br)o2)sc2n1[C@H](c1ccc(Br)cc1)C1=C(N=2)c2ccccc2CC1. The van der Waals surface area contributed by atoms with E-state index in [9.17, 15) is 14.9 Å². The Morgan fingerprint density at radius 2 is 1.80 bits per heavy atom. The minimum absolute atomic E-state index is 0.0147. The minimum Gasteiger partial charge on any atom is -0.457 e. The molecule has 0 saturated heterocycles. The van der Waals surface area contributed by atoms with Gasteiger partial charge in [-0.15, -0.1) is 0 Å². The molecule has 202 valence electrons. The Labute approximate surface area is 254 Å². The van der Waals surface area contributed by atoms with Gasteiger partial charge in [0, 0.05) is 38.3 Å². The second-order valence-electron chi connectivity index (χ2n) is 9.79. The Morgan fingerprint density at radius 3 is 2.59 bits per heavy atom. The summed E-state index contributed by atoms with van der Waals surface area (Å²) < 4.78 is 9.92. The smallest absolute Gasteiger partial charge is 0.271 e. The van der Waals surface area contributed by atoms with E-state index in [4.69, 9.17) is 9.41 Å². The van der Waals surface area contributed by atoms with Gasteiger partial charge in [-0.25, -0.2) is 4.99 Å². The Balaban J connectivity index is 1.36. The first-order chi connectivity index (χ1) is 19.9. The molecule has 1 aliphatic heterocycles. The summed E-state index contributed by atoms with van der Waals surface area (Å²) >= 11 is 8.28. The van der Waals surface area contributed by atoms with Crippen LogP contribution < -0.4 is 14.9 Å². The van der Waals surface area contributed by atoms with Gasteiger partial charge in [-0.1, -0.05) is 63.7 Å². The molecule has 0 bridgehead atoms. The highest BCUT2D eigenvalue weighted by atomic mass is 79.9. The Hall–Kier alpha value is -3.86. The summed E-state index contributed by atoms with van der Waals surface area (Å²) in [6.45, 7) is 0. The second-order valence-corrected chi connectivity index (χ2v) is 12.6. The molecule has 41 heavy (non-hydrogen) atoms. The molecular formula is C31H19Br2N3O4S. The molecule has 0 saturated carbocycles. The maximum Gasteiger partial charge on any atom is 0.271 e. The highest BCUT2D eigenvalue weighted by molar-refractivity contribution is 9.10. The van der Waals surface area contributed by atoms with Crippen LogP contribution in [0.2, 0.25) is 0 Å². The van der Waals surface area contributed by atoms with Crippen LogP contribution in [0.15, 0.2) is 108 Å². The fourth-order valence-electron chi connectivity index (χ4n) is 5.49. The van der Waals surface area contributed by atoms with Crippen molar-refractivity contribution < 1.29 is 9.34 Å². The van der Waals surface area contributed by atoms with Crippen molar-refractivity contribution in [1.82, 2.24) is 4.57 Å². The number of benzene rings is 3. The quantitative estimate of drug-likeness (QED) is 0.150. The normalized spacial score (nSPS) is 16.1. The molecule has 0 radical (unpaired) electrons. The van der Waals surface area contributed by atoms with E-state index >= 15 is 0 Å². The number of rotatable bonds is 4. The van der Waals surface area contributed by atoms with Crippen LogP contribution in [-0.4, -0.2) is 9.49 Å². The second kappa shape index (κ2) is 10.2. The van der Waals surface area contributed by atoms with Gasteiger partial charge < -0.3 is 4.42 Å². The maximum absolute atomic E-state index is 14.0. The van der Waals surface area contributed by atoms with Crippen molar-refractivity contribution in [3.63, 3.8) is 0 Å². The summed E-state index contributed by atoms with van der Waals surface area (Å²) in [5.74, 6) is 1.04. The fourth-order valence-corrected chi connectivity index (χ4v) is 7.30. The van der Waals surface area contributed by atoms with Gasteiger partial charge in [-0.2, -0.15) is 0 Å². The molecule has 0 N–H and O–H groups in total. The van der Waals surface area contributed by atoms with Gasteiger partial charge in [0.05, 0.1) is 21.2 Å². The third kappa shape index (κ3) is 4.56. The molecule has 0 unspecified atom stereocenters. The zero-order chi connectivity index (χ0) is 28.2. The lowest BCUT2D eigenvalue weighted by molar-refractivity contribution is -0.384. The molecule has 7 rings (SSSR count). The monoisotopic (exact) mass is 687 g/mol. The number of hydrogen-bond acceptors (Lipinski definition) is 6. The van der Waals surface area contributed by atoms with Gasteiger partial charge in [0.2, 0.25) is 0 Å². The molecule has 0 amide bonds. The lowest BCUT2D eigenvalue weighted by Crippen LogP contribution is -2.38. The molecule has 3 aromatic carbocycles. The fraction of sp³-hybridized carbons (Fsp3) is 0.0968. The van der Waals surface area contributed by atoms with Crippen LogP contribution in [0.1, 0.15) is 34.9 Å². The van der Waals surface area contributed by atoms with Crippen molar-refractivity contribution >= 4 is 60.7 Å². The van der Waals surface area contributed by atoms with Crippen molar-refractivity contribution in [2.45, 2.75) is 18.9 Å². The van der Waals surface area contributed by atoms with Gasteiger partial charge in [0.1, 0.15) is 11.5 Å². The van der Waals surface area contributed by atoms with Gasteiger partial charge >= 0.3 is 0 Å². The maximum atomic E-state index is 14.0. The van der Waals surface area contributed by atoms with Gasteiger partial charge in [0.15, 0.2) is 4.80 Å². The molecular weight excluding hydrogens is 670 g/mol. The van der Waals surface area contributed by atoms with E-state index in [0.29, 0.717) is 30.9 Å². The van der Waals surface area contributed by atoms with Gasteiger partial charge in [-0.05, 0) is 75.8 Å². The number of aryl methyl sites for hydroxylation is 1. The first kappa shape index (κ1) is 26.1. The predicted molar refractivity (Wildman–Crippen MR) is 165 cm³/mol. The van der Waals surface area contributed by atoms with E-state index in [1.807, 2.05) is 22.8 Å². The van der Waals surface area contributed by atoms with E-state index in [-0.39, 0.29) is 17.3 Å². The molecule has 0 fully saturated rings. The van der Waals surface area contributed by atoms with Crippen LogP contribution in [0.5, 0.6) is 0 Å². The van der Waals surface area contributed by atoms with Crippen LogP contribution in [-0.2, 0) is 6.42 Å². The summed E-state index contributed by atoms with van der Waals surface area (Å²) in [5, 5.41) is 11.1. The molecule has 1 atom stereocenters. The highest BCUT2D eigenvalue weighted by Crippen LogP contribution is 2.41. The molecule has 5 aromatic rings. The topological polar surface area (TPSA) is 90.6 Å². The summed E-state index contributed by atoms with van der Waals surface area (Å²) in [7, 11) is 0. The van der Waals surface area contributed by atoms with Crippen LogP contribution in [0.25, 0.3) is 23.1 Å². The average molecular weight is 689 g/mol. The van der Waals surface area contributed by atoms with Crippen molar-refractivity contribution in [2.24, 2.45) is 4.99 Å². The largest absolute Gasteiger partial charge is 0.457 e. The number of thiazole rings is 1. The predicted octanol–water partition coefficient (Wildman–Crippen LogP) is 7.01. The Bertz CT molecular complexity index is 2090. The zero-order valence-electron chi connectivity index (χ0n) is 21.2. The number of aromatic nitrogens is 1. The first-order valence-corrected chi connectivity index (χ1v) is 15.2. The molecule has 2 aromatic heterocycles. The van der Waals surface area contributed by atoms with E-state index in [2.05, 4.69) is 62.2 Å². The summed E-state index contributed by atoms with van der Waals surface area (Å²) in [4.78, 5) is 30.3. The third-order valence-electron chi connectivity index (χ3n) is 7.39. The molecule has 2 aliphatic rings. The molecule has 3 heterocycles. The molecule has 7 nitrogen and oxygen atoms in total. The average Bonchev–Trinajstić information content (AvgIpc) is 3.56. The summed E-state index contributed by atoms with van der Waals surface area (Å²) in [6, 6.07) is 24.3. The van der Waals surface area contributed by atoms with E-state index in [0.717, 1.165) is 39.7 Å². The van der Waals surface area contributed by atoms with Crippen molar-refractivity contribution in [2.75, 3.05) is 0 Å². The van der Waals surface area contributed by atoms with Gasteiger partial charge in [0.25, 0.3) is 11.2 Å². The number of nitro benzene ring substituents is 1. The zero-order valence-corrected chi connectivity index (χ0v) is 25.2. The van der Waals surface area contributed by atoms with Crippen molar-refractivity contribution in [1.29, 1.82) is 0 Å². The number of allylic oxidation sites excluding steroid dienone is 1. The molecule has 1 aliphatic carbocycles. The molecule has 10 heteroatoms. The van der Waals surface area contributed by atoms with E-state index in [1.54, 1.807) is 24.3 Å². The number of halogens is 2. The van der Waals surface area contributed by atoms with Gasteiger partial charge in [-0.3, -0.25) is 19.5 Å². The number of furan rings is 1. The minimum atomic E-state index is -0.445. The molecule has 0 spiro atoms. The summed E-state index contributed by atoms with van der Waals surface area (Å²) in [5.41, 5.74) is 6.07. The Kier molecular flexibility index (Phi) is 6.49. The van der Waals surface area contributed by atoms with Crippen LogP contribution >= 0.6 is 43.2 Å².